The van der Waals surface area contributed by atoms with Gasteiger partial charge in [-0.15, -0.1) is 0 Å². The number of ether oxygens (including phenoxy) is 4. The molecule has 280 valence electrons. The van der Waals surface area contributed by atoms with Crippen LogP contribution < -0.4 is 18.9 Å². The Morgan fingerprint density at radius 1 is 0.453 bits per heavy atom. The first-order valence-electron chi connectivity index (χ1n) is 19.1. The van der Waals surface area contributed by atoms with E-state index in [1.807, 2.05) is 36.7 Å². The standard InChI is InChI=1S/C45H54N2O6/c1-3-5-12-32-50-40-26-18-38(19-27-40)44(48)52-42-22-14-36(15-23-42)34-46-30-10-8-7-9-11-31-47-35-37-16-24-43(25-17-37)53-45(49)39-20-28-41(29-21-39)51-33-13-6-4-2/h14-29,34-35H,3-13,30-33H2,1-2H3. The molecule has 0 atom stereocenters. The first kappa shape index (κ1) is 40.5. The number of hydrogen-bond donors (Lipinski definition) is 0. The van der Waals surface area contributed by atoms with E-state index >= 15 is 0 Å². The fourth-order valence-corrected chi connectivity index (χ4v) is 5.31. The molecule has 0 aromatic heterocycles. The summed E-state index contributed by atoms with van der Waals surface area (Å²) in [7, 11) is 0. The van der Waals surface area contributed by atoms with Crippen molar-refractivity contribution < 1.29 is 28.5 Å². The van der Waals surface area contributed by atoms with E-state index in [-0.39, 0.29) is 0 Å². The molecule has 4 rings (SSSR count). The summed E-state index contributed by atoms with van der Waals surface area (Å²) in [6, 6.07) is 28.8. The lowest BCUT2D eigenvalue weighted by Crippen LogP contribution is -2.08. The van der Waals surface area contributed by atoms with Gasteiger partial charge in [-0.2, -0.15) is 0 Å². The van der Waals surface area contributed by atoms with E-state index in [1.165, 1.54) is 0 Å². The molecule has 0 fully saturated rings. The van der Waals surface area contributed by atoms with Gasteiger partial charge < -0.3 is 18.9 Å². The molecule has 8 heteroatoms. The van der Waals surface area contributed by atoms with Gasteiger partial charge in [-0.1, -0.05) is 58.8 Å². The number of aliphatic imine (C=N–C) groups is 2. The molecule has 0 unspecified atom stereocenters. The molecule has 0 saturated carbocycles. The van der Waals surface area contributed by atoms with E-state index in [9.17, 15) is 9.59 Å². The molecule has 0 heterocycles. The zero-order chi connectivity index (χ0) is 37.4. The summed E-state index contributed by atoms with van der Waals surface area (Å²) in [5, 5.41) is 0. The summed E-state index contributed by atoms with van der Waals surface area (Å²) >= 11 is 0. The third-order valence-electron chi connectivity index (χ3n) is 8.45. The zero-order valence-corrected chi connectivity index (χ0v) is 31.3. The lowest BCUT2D eigenvalue weighted by molar-refractivity contribution is 0.0725. The Labute approximate surface area is 315 Å². The van der Waals surface area contributed by atoms with Crippen LogP contribution in [0.2, 0.25) is 0 Å². The van der Waals surface area contributed by atoms with Crippen LogP contribution in [0.25, 0.3) is 0 Å². The highest BCUT2D eigenvalue weighted by Gasteiger charge is 2.10. The third kappa shape index (κ3) is 15.9. The van der Waals surface area contributed by atoms with E-state index < -0.39 is 11.9 Å². The molecule has 0 saturated heterocycles. The van der Waals surface area contributed by atoms with Gasteiger partial charge >= 0.3 is 11.9 Å². The fraction of sp³-hybridized carbons (Fsp3) is 0.378. The molecule has 0 amide bonds. The van der Waals surface area contributed by atoms with Gasteiger partial charge in [0.2, 0.25) is 0 Å². The van der Waals surface area contributed by atoms with Gasteiger partial charge in [0.05, 0.1) is 24.3 Å². The molecular weight excluding hydrogens is 665 g/mol. The molecule has 0 radical (unpaired) electrons. The Hall–Kier alpha value is -5.24. The normalized spacial score (nSPS) is 11.2. The van der Waals surface area contributed by atoms with Crippen molar-refractivity contribution in [1.29, 1.82) is 0 Å². The van der Waals surface area contributed by atoms with Crippen LogP contribution in [0, 0.1) is 0 Å². The van der Waals surface area contributed by atoms with E-state index in [1.54, 1.807) is 72.8 Å². The van der Waals surface area contributed by atoms with Crippen LogP contribution in [0.1, 0.15) is 116 Å². The Kier molecular flexibility index (Phi) is 18.4. The van der Waals surface area contributed by atoms with Gasteiger partial charge in [0.25, 0.3) is 0 Å². The first-order chi connectivity index (χ1) is 26.0. The predicted molar refractivity (Wildman–Crippen MR) is 214 cm³/mol. The predicted octanol–water partition coefficient (Wildman–Crippen LogP) is 10.8. The molecule has 0 spiro atoms. The lowest BCUT2D eigenvalue weighted by atomic mass is 10.1. The number of benzene rings is 4. The Bertz CT molecular complexity index is 1550. The molecule has 0 bridgehead atoms. The van der Waals surface area contributed by atoms with Crippen LogP contribution in [0.5, 0.6) is 23.0 Å². The SMILES string of the molecule is CCCCCOc1ccc(C(=O)Oc2ccc(C=NCCCCCCCN=Cc3ccc(OC(=O)c4ccc(OCCCCC)cc4)cc3)cc2)cc1. The number of hydrogen-bond acceptors (Lipinski definition) is 8. The number of carbonyl (C=O) groups is 2. The fourth-order valence-electron chi connectivity index (χ4n) is 5.31. The molecule has 0 aliphatic heterocycles. The van der Waals surface area contributed by atoms with E-state index in [0.717, 1.165) is 106 Å². The van der Waals surface area contributed by atoms with Gasteiger partial charge in [0.1, 0.15) is 23.0 Å². The van der Waals surface area contributed by atoms with E-state index in [4.69, 9.17) is 18.9 Å². The minimum atomic E-state index is -0.399. The Balaban J connectivity index is 1.03. The van der Waals surface area contributed by atoms with E-state index in [2.05, 4.69) is 23.8 Å². The quantitative estimate of drug-likeness (QED) is 0.0310. The number of nitrogens with zero attached hydrogens (tertiary/aromatic N) is 2. The van der Waals surface area contributed by atoms with Crippen molar-refractivity contribution in [2.75, 3.05) is 26.3 Å². The van der Waals surface area contributed by atoms with Crippen LogP contribution in [0.15, 0.2) is 107 Å². The summed E-state index contributed by atoms with van der Waals surface area (Å²) in [4.78, 5) is 34.2. The van der Waals surface area contributed by atoms with Crippen molar-refractivity contribution in [3.63, 3.8) is 0 Å². The van der Waals surface area contributed by atoms with Crippen LogP contribution >= 0.6 is 0 Å². The van der Waals surface area contributed by atoms with Gasteiger partial charge in [0, 0.05) is 25.5 Å². The Morgan fingerprint density at radius 2 is 0.811 bits per heavy atom. The first-order valence-corrected chi connectivity index (χ1v) is 19.1. The summed E-state index contributed by atoms with van der Waals surface area (Å²) in [6.45, 7) is 7.24. The third-order valence-corrected chi connectivity index (χ3v) is 8.45. The number of esters is 2. The van der Waals surface area contributed by atoms with Gasteiger partial charge in [-0.3, -0.25) is 9.98 Å². The van der Waals surface area contributed by atoms with Crippen molar-refractivity contribution in [3.8, 4) is 23.0 Å². The molecule has 4 aromatic rings. The maximum atomic E-state index is 12.5. The minimum absolute atomic E-state index is 0.399. The van der Waals surface area contributed by atoms with Gasteiger partial charge in [-0.25, -0.2) is 9.59 Å². The zero-order valence-electron chi connectivity index (χ0n) is 31.3. The summed E-state index contributed by atoms with van der Waals surface area (Å²) < 4.78 is 22.5. The van der Waals surface area contributed by atoms with Crippen molar-refractivity contribution in [1.82, 2.24) is 0 Å². The largest absolute Gasteiger partial charge is 0.494 e. The van der Waals surface area contributed by atoms with Crippen LogP contribution in [0.3, 0.4) is 0 Å². The van der Waals surface area contributed by atoms with Crippen LogP contribution in [0.4, 0.5) is 0 Å². The highest BCUT2D eigenvalue weighted by molar-refractivity contribution is 5.92. The maximum absolute atomic E-state index is 12.5. The van der Waals surface area contributed by atoms with Crippen molar-refractivity contribution in [3.05, 3.63) is 119 Å². The molecule has 53 heavy (non-hydrogen) atoms. The monoisotopic (exact) mass is 718 g/mol. The number of carbonyl (C=O) groups excluding carboxylic acids is 2. The highest BCUT2D eigenvalue weighted by Crippen LogP contribution is 2.19. The highest BCUT2D eigenvalue weighted by atomic mass is 16.5. The number of unbranched alkanes of at least 4 members (excludes halogenated alkanes) is 8. The van der Waals surface area contributed by atoms with Gasteiger partial charge in [0.15, 0.2) is 0 Å². The average molecular weight is 719 g/mol. The van der Waals surface area contributed by atoms with Gasteiger partial charge in [-0.05, 0) is 134 Å². The molecule has 0 aliphatic carbocycles. The molecule has 0 aliphatic rings. The lowest BCUT2D eigenvalue weighted by Gasteiger charge is -2.07. The number of rotatable bonds is 24. The smallest absolute Gasteiger partial charge is 0.343 e. The van der Waals surface area contributed by atoms with Crippen molar-refractivity contribution in [2.45, 2.75) is 84.5 Å². The minimum Gasteiger partial charge on any atom is -0.494 e. The second-order valence-electron chi connectivity index (χ2n) is 12.9. The molecule has 4 aromatic carbocycles. The summed E-state index contributed by atoms with van der Waals surface area (Å²) in [5.41, 5.74) is 2.89. The van der Waals surface area contributed by atoms with Crippen molar-refractivity contribution in [2.24, 2.45) is 9.98 Å². The topological polar surface area (TPSA) is 95.8 Å². The average Bonchev–Trinajstić information content (AvgIpc) is 3.19. The summed E-state index contributed by atoms with van der Waals surface area (Å²) in [6.07, 6.45) is 15.8. The second-order valence-corrected chi connectivity index (χ2v) is 12.9. The Morgan fingerprint density at radius 3 is 1.19 bits per heavy atom. The maximum Gasteiger partial charge on any atom is 0.343 e. The van der Waals surface area contributed by atoms with E-state index in [0.29, 0.717) is 35.8 Å². The molecule has 0 N–H and O–H groups in total. The molecule has 8 nitrogen and oxygen atoms in total. The van der Waals surface area contributed by atoms with Crippen LogP contribution in [-0.2, 0) is 0 Å². The van der Waals surface area contributed by atoms with Crippen molar-refractivity contribution >= 4 is 24.4 Å². The molecular formula is C45H54N2O6. The summed E-state index contributed by atoms with van der Waals surface area (Å²) in [5.74, 6) is 1.71. The second kappa shape index (κ2) is 24.1. The van der Waals surface area contributed by atoms with Crippen LogP contribution in [-0.4, -0.2) is 50.7 Å².